The van der Waals surface area contributed by atoms with Gasteiger partial charge in [0.25, 0.3) is 0 Å². The van der Waals surface area contributed by atoms with Crippen molar-refractivity contribution in [3.05, 3.63) is 0 Å². The van der Waals surface area contributed by atoms with Gasteiger partial charge in [0, 0.05) is 20.0 Å². The van der Waals surface area contributed by atoms with Crippen LogP contribution in [0.15, 0.2) is 0 Å². The molecule has 0 saturated carbocycles. The maximum absolute atomic E-state index is 12.0. The van der Waals surface area contributed by atoms with Crippen LogP contribution < -0.4 is 5.73 Å². The van der Waals surface area contributed by atoms with Crippen LogP contribution in [-0.4, -0.2) is 30.9 Å². The van der Waals surface area contributed by atoms with Crippen LogP contribution in [0.1, 0.15) is 47.0 Å². The van der Waals surface area contributed by atoms with Crippen LogP contribution in [-0.2, 0) is 4.79 Å². The molecule has 2 atom stereocenters. The molecule has 1 amide bonds. The number of carbonyl (C=O) groups excluding carboxylic acids is 1. The summed E-state index contributed by atoms with van der Waals surface area (Å²) in [5.74, 6) is 1.75. The highest BCUT2D eigenvalue weighted by atomic mass is 16.2. The van der Waals surface area contributed by atoms with Gasteiger partial charge in [-0.05, 0) is 30.7 Å². The summed E-state index contributed by atoms with van der Waals surface area (Å²) in [6, 6.07) is 0. The van der Waals surface area contributed by atoms with E-state index in [1.54, 1.807) is 0 Å². The number of carbonyl (C=O) groups is 1. The summed E-state index contributed by atoms with van der Waals surface area (Å²) in [5.41, 5.74) is 5.73. The molecule has 0 saturated heterocycles. The molecule has 0 rings (SSSR count). The second-order valence-corrected chi connectivity index (χ2v) is 5.72. The predicted molar refractivity (Wildman–Crippen MR) is 73.7 cm³/mol. The van der Waals surface area contributed by atoms with Gasteiger partial charge in [-0.25, -0.2) is 0 Å². The number of hydrogen-bond donors (Lipinski definition) is 1. The highest BCUT2D eigenvalue weighted by Crippen LogP contribution is 2.15. The Morgan fingerprint density at radius 3 is 2.29 bits per heavy atom. The number of nitrogens with zero attached hydrogens (tertiary/aromatic N) is 1. The van der Waals surface area contributed by atoms with E-state index in [1.165, 1.54) is 0 Å². The van der Waals surface area contributed by atoms with Crippen molar-refractivity contribution in [1.29, 1.82) is 0 Å². The Labute approximate surface area is 107 Å². The van der Waals surface area contributed by atoms with E-state index in [-0.39, 0.29) is 5.91 Å². The van der Waals surface area contributed by atoms with E-state index < -0.39 is 0 Å². The molecule has 0 fully saturated rings. The fraction of sp³-hybridized carbons (Fsp3) is 0.929. The summed E-state index contributed by atoms with van der Waals surface area (Å²) >= 11 is 0. The van der Waals surface area contributed by atoms with Crippen LogP contribution in [0, 0.1) is 17.8 Å². The third-order valence-electron chi connectivity index (χ3n) is 3.31. The largest absolute Gasteiger partial charge is 0.345 e. The third kappa shape index (κ3) is 7.37. The van der Waals surface area contributed by atoms with Crippen molar-refractivity contribution in [2.45, 2.75) is 47.0 Å². The Hall–Kier alpha value is -0.570. The summed E-state index contributed by atoms with van der Waals surface area (Å²) in [6.07, 6.45) is 2.75. The maximum atomic E-state index is 12.0. The van der Waals surface area contributed by atoms with Crippen molar-refractivity contribution >= 4 is 5.91 Å². The molecule has 0 heterocycles. The zero-order valence-corrected chi connectivity index (χ0v) is 12.2. The second-order valence-electron chi connectivity index (χ2n) is 5.72. The molecule has 102 valence electrons. The zero-order chi connectivity index (χ0) is 13.4. The van der Waals surface area contributed by atoms with Crippen molar-refractivity contribution in [3.8, 4) is 0 Å². The molecule has 3 heteroatoms. The molecule has 0 spiro atoms. The molecule has 2 N–H and O–H groups in total. The van der Waals surface area contributed by atoms with Crippen molar-refractivity contribution in [2.75, 3.05) is 20.1 Å². The molecule has 0 radical (unpaired) electrons. The van der Waals surface area contributed by atoms with E-state index in [9.17, 15) is 4.79 Å². The summed E-state index contributed by atoms with van der Waals surface area (Å²) in [5, 5.41) is 0. The van der Waals surface area contributed by atoms with Crippen LogP contribution in [0.5, 0.6) is 0 Å². The zero-order valence-electron chi connectivity index (χ0n) is 12.2. The number of hydrogen-bond acceptors (Lipinski definition) is 2. The van der Waals surface area contributed by atoms with Crippen LogP contribution in [0.2, 0.25) is 0 Å². The van der Waals surface area contributed by atoms with Crippen LogP contribution in [0.3, 0.4) is 0 Å². The van der Waals surface area contributed by atoms with Gasteiger partial charge in [0.1, 0.15) is 0 Å². The van der Waals surface area contributed by atoms with Gasteiger partial charge in [-0.15, -0.1) is 0 Å². The number of nitrogens with two attached hydrogens (primary N) is 1. The van der Waals surface area contributed by atoms with E-state index in [1.807, 2.05) is 11.9 Å². The second kappa shape index (κ2) is 8.51. The highest BCUT2D eigenvalue weighted by molar-refractivity contribution is 5.76. The van der Waals surface area contributed by atoms with Gasteiger partial charge in [0.15, 0.2) is 0 Å². The lowest BCUT2D eigenvalue weighted by Crippen LogP contribution is -2.33. The summed E-state index contributed by atoms with van der Waals surface area (Å²) in [6.45, 7) is 10.2. The summed E-state index contributed by atoms with van der Waals surface area (Å²) in [4.78, 5) is 13.9. The van der Waals surface area contributed by atoms with Crippen LogP contribution >= 0.6 is 0 Å². The fourth-order valence-electron chi connectivity index (χ4n) is 2.03. The van der Waals surface area contributed by atoms with E-state index in [2.05, 4.69) is 27.7 Å². The van der Waals surface area contributed by atoms with E-state index >= 15 is 0 Å². The predicted octanol–water partition coefficient (Wildman–Crippen LogP) is 2.50. The third-order valence-corrected chi connectivity index (χ3v) is 3.31. The summed E-state index contributed by atoms with van der Waals surface area (Å²) in [7, 11) is 1.90. The van der Waals surface area contributed by atoms with Crippen LogP contribution in [0.25, 0.3) is 0 Å². The molecule has 17 heavy (non-hydrogen) atoms. The topological polar surface area (TPSA) is 46.3 Å². The van der Waals surface area contributed by atoms with Gasteiger partial charge in [0.2, 0.25) is 5.91 Å². The minimum Gasteiger partial charge on any atom is -0.345 e. The summed E-state index contributed by atoms with van der Waals surface area (Å²) < 4.78 is 0. The SMILES string of the molecule is CCC(C)CN(C)C(=O)CC(CN)CC(C)C. The Morgan fingerprint density at radius 1 is 1.29 bits per heavy atom. The molecular formula is C14H30N2O. The van der Waals surface area contributed by atoms with Crippen molar-refractivity contribution in [2.24, 2.45) is 23.5 Å². The lowest BCUT2D eigenvalue weighted by Gasteiger charge is -2.24. The average Bonchev–Trinajstić information content (AvgIpc) is 2.26. The normalized spacial score (nSPS) is 14.8. The first-order valence-corrected chi connectivity index (χ1v) is 6.84. The van der Waals surface area contributed by atoms with Gasteiger partial charge in [-0.2, -0.15) is 0 Å². The minimum atomic E-state index is 0.237. The lowest BCUT2D eigenvalue weighted by molar-refractivity contribution is -0.131. The molecular weight excluding hydrogens is 212 g/mol. The number of rotatable bonds is 8. The number of amides is 1. The maximum Gasteiger partial charge on any atom is 0.222 e. The molecule has 0 bridgehead atoms. The molecule has 3 nitrogen and oxygen atoms in total. The molecule has 0 aliphatic heterocycles. The molecule has 2 unspecified atom stereocenters. The van der Waals surface area contributed by atoms with E-state index in [0.29, 0.717) is 30.7 Å². The standard InChI is InChI=1S/C14H30N2O/c1-6-12(4)10-16(5)14(17)8-13(9-15)7-11(2)3/h11-13H,6-10,15H2,1-5H3. The fourth-order valence-corrected chi connectivity index (χ4v) is 2.03. The molecule has 0 aromatic heterocycles. The first-order valence-electron chi connectivity index (χ1n) is 6.84. The Bertz CT molecular complexity index is 216. The first kappa shape index (κ1) is 16.4. The average molecular weight is 242 g/mol. The van der Waals surface area contributed by atoms with Gasteiger partial charge in [-0.3, -0.25) is 4.79 Å². The molecule has 0 aromatic rings. The molecule has 0 aliphatic carbocycles. The first-order chi connectivity index (χ1) is 7.90. The highest BCUT2D eigenvalue weighted by Gasteiger charge is 2.17. The lowest BCUT2D eigenvalue weighted by atomic mass is 9.93. The van der Waals surface area contributed by atoms with E-state index in [4.69, 9.17) is 5.73 Å². The monoisotopic (exact) mass is 242 g/mol. The Balaban J connectivity index is 4.12. The van der Waals surface area contributed by atoms with Crippen molar-refractivity contribution in [3.63, 3.8) is 0 Å². The smallest absolute Gasteiger partial charge is 0.222 e. The van der Waals surface area contributed by atoms with Crippen LogP contribution in [0.4, 0.5) is 0 Å². The molecule has 0 aromatic carbocycles. The van der Waals surface area contributed by atoms with Crippen molar-refractivity contribution in [1.82, 2.24) is 4.90 Å². The molecule has 0 aliphatic rings. The van der Waals surface area contributed by atoms with Gasteiger partial charge in [-0.1, -0.05) is 34.1 Å². The quantitative estimate of drug-likeness (QED) is 0.711. The Morgan fingerprint density at radius 2 is 1.88 bits per heavy atom. The Kier molecular flexibility index (Phi) is 8.23. The minimum absolute atomic E-state index is 0.237. The van der Waals surface area contributed by atoms with E-state index in [0.717, 1.165) is 19.4 Å². The van der Waals surface area contributed by atoms with Gasteiger partial charge in [0.05, 0.1) is 0 Å². The van der Waals surface area contributed by atoms with Gasteiger partial charge >= 0.3 is 0 Å². The van der Waals surface area contributed by atoms with Crippen molar-refractivity contribution < 1.29 is 4.79 Å². The van der Waals surface area contributed by atoms with Gasteiger partial charge < -0.3 is 10.6 Å².